The standard InChI is InChI=1S/C13H17NO3/c1-16-13(15)10-4-5-12(11(14)8-10)17-7-6-9-2-3-9/h4-5,8-9H,2-3,6-7,14H2,1H3. The van der Waals surface area contributed by atoms with Crippen LogP contribution in [0.2, 0.25) is 0 Å². The van der Waals surface area contributed by atoms with Crippen molar-refractivity contribution in [1.82, 2.24) is 0 Å². The molecule has 0 aliphatic heterocycles. The van der Waals surface area contributed by atoms with Gasteiger partial charge in [0.2, 0.25) is 0 Å². The number of nitrogen functional groups attached to an aromatic ring is 1. The van der Waals surface area contributed by atoms with Gasteiger partial charge >= 0.3 is 5.97 Å². The minimum atomic E-state index is -0.388. The van der Waals surface area contributed by atoms with Gasteiger partial charge in [-0.3, -0.25) is 0 Å². The summed E-state index contributed by atoms with van der Waals surface area (Å²) in [6.07, 6.45) is 3.72. The summed E-state index contributed by atoms with van der Waals surface area (Å²) in [6, 6.07) is 4.96. The van der Waals surface area contributed by atoms with Crippen LogP contribution in [0, 0.1) is 5.92 Å². The van der Waals surface area contributed by atoms with Gasteiger partial charge in [0, 0.05) is 0 Å². The van der Waals surface area contributed by atoms with Crippen molar-refractivity contribution in [2.45, 2.75) is 19.3 Å². The highest BCUT2D eigenvalue weighted by Crippen LogP contribution is 2.32. The van der Waals surface area contributed by atoms with Crippen molar-refractivity contribution in [3.63, 3.8) is 0 Å². The molecule has 17 heavy (non-hydrogen) atoms. The number of ether oxygens (including phenoxy) is 2. The number of carbonyl (C=O) groups excluding carboxylic acids is 1. The van der Waals surface area contributed by atoms with Gasteiger partial charge in [0.25, 0.3) is 0 Å². The number of nitrogens with two attached hydrogens (primary N) is 1. The number of benzene rings is 1. The van der Waals surface area contributed by atoms with E-state index in [1.807, 2.05) is 0 Å². The number of methoxy groups -OCH3 is 1. The smallest absolute Gasteiger partial charge is 0.337 e. The second kappa shape index (κ2) is 5.08. The lowest BCUT2D eigenvalue weighted by atomic mass is 10.2. The fraction of sp³-hybridized carbons (Fsp3) is 0.462. The first-order valence-corrected chi connectivity index (χ1v) is 5.81. The molecule has 4 heteroatoms. The van der Waals surface area contributed by atoms with E-state index < -0.39 is 0 Å². The fourth-order valence-corrected chi connectivity index (χ4v) is 1.67. The molecule has 1 fully saturated rings. The third-order valence-electron chi connectivity index (χ3n) is 2.91. The van der Waals surface area contributed by atoms with Crippen LogP contribution >= 0.6 is 0 Å². The molecule has 1 aliphatic carbocycles. The van der Waals surface area contributed by atoms with E-state index in [-0.39, 0.29) is 5.97 Å². The van der Waals surface area contributed by atoms with Crippen LogP contribution in [0.5, 0.6) is 5.75 Å². The van der Waals surface area contributed by atoms with Crippen molar-refractivity contribution >= 4 is 11.7 Å². The summed E-state index contributed by atoms with van der Waals surface area (Å²) in [5.41, 5.74) is 6.73. The Morgan fingerprint density at radius 2 is 2.24 bits per heavy atom. The Kier molecular flexibility index (Phi) is 3.52. The molecule has 0 unspecified atom stereocenters. The molecule has 1 aromatic rings. The predicted molar refractivity (Wildman–Crippen MR) is 65.0 cm³/mol. The third kappa shape index (κ3) is 3.12. The molecule has 92 valence electrons. The van der Waals surface area contributed by atoms with Crippen LogP contribution in [-0.4, -0.2) is 19.7 Å². The Morgan fingerprint density at radius 3 is 2.82 bits per heavy atom. The Bertz CT molecular complexity index is 413. The zero-order chi connectivity index (χ0) is 12.3. The molecular weight excluding hydrogens is 218 g/mol. The van der Waals surface area contributed by atoms with Gasteiger partial charge in [0.1, 0.15) is 5.75 Å². The maximum absolute atomic E-state index is 11.3. The number of hydrogen-bond donors (Lipinski definition) is 1. The van der Waals surface area contributed by atoms with E-state index in [0.717, 1.165) is 12.3 Å². The Hall–Kier alpha value is -1.71. The molecule has 0 heterocycles. The third-order valence-corrected chi connectivity index (χ3v) is 2.91. The van der Waals surface area contributed by atoms with Crippen LogP contribution in [-0.2, 0) is 4.74 Å². The van der Waals surface area contributed by atoms with Crippen LogP contribution in [0.1, 0.15) is 29.6 Å². The van der Waals surface area contributed by atoms with Crippen molar-refractivity contribution in [3.8, 4) is 5.75 Å². The molecule has 1 aromatic carbocycles. The van der Waals surface area contributed by atoms with Crippen molar-refractivity contribution in [2.24, 2.45) is 5.92 Å². The lowest BCUT2D eigenvalue weighted by molar-refractivity contribution is 0.0601. The van der Waals surface area contributed by atoms with Gasteiger partial charge in [-0.05, 0) is 30.5 Å². The van der Waals surface area contributed by atoms with Gasteiger partial charge in [-0.15, -0.1) is 0 Å². The lowest BCUT2D eigenvalue weighted by Crippen LogP contribution is -2.05. The van der Waals surface area contributed by atoms with E-state index in [9.17, 15) is 4.79 Å². The Morgan fingerprint density at radius 1 is 1.47 bits per heavy atom. The van der Waals surface area contributed by atoms with Crippen LogP contribution in [0.3, 0.4) is 0 Å². The van der Waals surface area contributed by atoms with E-state index in [0.29, 0.717) is 23.6 Å². The highest BCUT2D eigenvalue weighted by atomic mass is 16.5. The Labute approximate surface area is 101 Å². The number of carbonyl (C=O) groups is 1. The average molecular weight is 235 g/mol. The highest BCUT2D eigenvalue weighted by molar-refractivity contribution is 5.90. The first kappa shape index (κ1) is 11.8. The summed E-state index contributed by atoms with van der Waals surface area (Å²) in [5.74, 6) is 1.09. The molecule has 0 atom stereocenters. The SMILES string of the molecule is COC(=O)c1ccc(OCCC2CC2)c(N)c1. The number of rotatable bonds is 5. The molecule has 0 saturated heterocycles. The highest BCUT2D eigenvalue weighted by Gasteiger charge is 2.20. The maximum Gasteiger partial charge on any atom is 0.337 e. The number of esters is 1. The average Bonchev–Trinajstić information content (AvgIpc) is 3.14. The van der Waals surface area contributed by atoms with Crippen molar-refractivity contribution in [2.75, 3.05) is 19.5 Å². The molecule has 4 nitrogen and oxygen atoms in total. The molecular formula is C13H17NO3. The summed E-state index contributed by atoms with van der Waals surface area (Å²) in [6.45, 7) is 0.687. The minimum Gasteiger partial charge on any atom is -0.491 e. The lowest BCUT2D eigenvalue weighted by Gasteiger charge is -2.09. The number of hydrogen-bond acceptors (Lipinski definition) is 4. The van der Waals surface area contributed by atoms with E-state index >= 15 is 0 Å². The van der Waals surface area contributed by atoms with Crippen molar-refractivity contribution < 1.29 is 14.3 Å². The summed E-state index contributed by atoms with van der Waals surface area (Å²) in [4.78, 5) is 11.3. The quantitative estimate of drug-likeness (QED) is 0.628. The van der Waals surface area contributed by atoms with Crippen LogP contribution in [0.15, 0.2) is 18.2 Å². The topological polar surface area (TPSA) is 61.5 Å². The summed E-state index contributed by atoms with van der Waals surface area (Å²) in [7, 11) is 1.35. The van der Waals surface area contributed by atoms with Crippen molar-refractivity contribution in [3.05, 3.63) is 23.8 Å². The molecule has 0 radical (unpaired) electrons. The molecule has 1 saturated carbocycles. The molecule has 0 bridgehead atoms. The largest absolute Gasteiger partial charge is 0.491 e. The first-order valence-electron chi connectivity index (χ1n) is 5.81. The van der Waals surface area contributed by atoms with Crippen LogP contribution in [0.4, 0.5) is 5.69 Å². The van der Waals surface area contributed by atoms with E-state index in [1.54, 1.807) is 18.2 Å². The van der Waals surface area contributed by atoms with E-state index in [2.05, 4.69) is 4.74 Å². The van der Waals surface area contributed by atoms with Gasteiger partial charge in [-0.1, -0.05) is 12.8 Å². The van der Waals surface area contributed by atoms with Crippen molar-refractivity contribution in [1.29, 1.82) is 0 Å². The molecule has 2 N–H and O–H groups in total. The van der Waals surface area contributed by atoms with E-state index in [1.165, 1.54) is 20.0 Å². The van der Waals surface area contributed by atoms with Crippen LogP contribution < -0.4 is 10.5 Å². The molecule has 1 aliphatic rings. The monoisotopic (exact) mass is 235 g/mol. The second-order valence-corrected chi connectivity index (χ2v) is 4.32. The zero-order valence-corrected chi connectivity index (χ0v) is 9.94. The maximum atomic E-state index is 11.3. The second-order valence-electron chi connectivity index (χ2n) is 4.32. The minimum absolute atomic E-state index is 0.388. The summed E-state index contributed by atoms with van der Waals surface area (Å²) >= 11 is 0. The Balaban J connectivity index is 1.95. The normalized spacial score (nSPS) is 14.4. The molecule has 0 aromatic heterocycles. The van der Waals surface area contributed by atoms with Gasteiger partial charge in [-0.2, -0.15) is 0 Å². The van der Waals surface area contributed by atoms with Gasteiger partial charge in [0.15, 0.2) is 0 Å². The molecule has 2 rings (SSSR count). The van der Waals surface area contributed by atoms with E-state index in [4.69, 9.17) is 10.5 Å². The summed E-state index contributed by atoms with van der Waals surface area (Å²) in [5, 5.41) is 0. The van der Waals surface area contributed by atoms with Gasteiger partial charge in [0.05, 0.1) is 25.0 Å². The molecule has 0 amide bonds. The first-order chi connectivity index (χ1) is 8.20. The summed E-state index contributed by atoms with van der Waals surface area (Å²) < 4.78 is 10.2. The van der Waals surface area contributed by atoms with Gasteiger partial charge in [-0.25, -0.2) is 4.79 Å². The van der Waals surface area contributed by atoms with Crippen LogP contribution in [0.25, 0.3) is 0 Å². The predicted octanol–water partition coefficient (Wildman–Crippen LogP) is 2.23. The number of anilines is 1. The zero-order valence-electron chi connectivity index (χ0n) is 9.94. The fourth-order valence-electron chi connectivity index (χ4n) is 1.67. The van der Waals surface area contributed by atoms with Gasteiger partial charge < -0.3 is 15.2 Å². The molecule has 0 spiro atoms.